The van der Waals surface area contributed by atoms with Gasteiger partial charge in [0.1, 0.15) is 11.1 Å². The fourth-order valence-electron chi connectivity index (χ4n) is 3.10. The quantitative estimate of drug-likeness (QED) is 0.141. The highest BCUT2D eigenvalue weighted by Gasteiger charge is 2.38. The predicted octanol–water partition coefficient (Wildman–Crippen LogP) is 3.61. The van der Waals surface area contributed by atoms with Gasteiger partial charge >= 0.3 is 0 Å². The van der Waals surface area contributed by atoms with Crippen LogP contribution < -0.4 is 11.5 Å². The van der Waals surface area contributed by atoms with E-state index in [0.29, 0.717) is 25.7 Å². The summed E-state index contributed by atoms with van der Waals surface area (Å²) in [6.45, 7) is 8.05. The van der Waals surface area contributed by atoms with Gasteiger partial charge in [0.2, 0.25) is 0 Å². The van der Waals surface area contributed by atoms with Gasteiger partial charge in [-0.2, -0.15) is 10.2 Å². The molecule has 0 unspecified atom stereocenters. The van der Waals surface area contributed by atoms with Crippen molar-refractivity contribution in [3.8, 4) is 0 Å². The maximum absolute atomic E-state index is 9.19. The highest BCUT2D eigenvalue weighted by Crippen LogP contribution is 2.31. The SMILES string of the molecule is CCCC(CCC)(N=NC(CCC)(CCC)C(N)=NO)C(N)=NO. The highest BCUT2D eigenvalue weighted by molar-refractivity contribution is 5.91. The summed E-state index contributed by atoms with van der Waals surface area (Å²) in [5.74, 6) is 0.104. The summed E-state index contributed by atoms with van der Waals surface area (Å²) in [4.78, 5) is 0. The van der Waals surface area contributed by atoms with E-state index in [1.54, 1.807) is 0 Å². The first-order chi connectivity index (χ1) is 11.4. The van der Waals surface area contributed by atoms with Crippen LogP contribution in [0.25, 0.3) is 0 Å². The van der Waals surface area contributed by atoms with E-state index in [-0.39, 0.29) is 11.7 Å². The number of hydrogen-bond donors (Lipinski definition) is 4. The van der Waals surface area contributed by atoms with E-state index in [1.807, 2.05) is 27.7 Å². The molecule has 0 amide bonds. The number of hydrogen-bond acceptors (Lipinski definition) is 6. The topological polar surface area (TPSA) is 142 Å². The van der Waals surface area contributed by atoms with Crippen molar-refractivity contribution in [1.82, 2.24) is 0 Å². The maximum atomic E-state index is 9.19. The number of amidine groups is 2. The van der Waals surface area contributed by atoms with Gasteiger partial charge in [0.05, 0.1) is 0 Å². The van der Waals surface area contributed by atoms with Gasteiger partial charge < -0.3 is 21.9 Å². The second-order valence-corrected chi connectivity index (χ2v) is 6.23. The minimum absolute atomic E-state index is 0.0522. The molecule has 6 N–H and O–H groups in total. The summed E-state index contributed by atoms with van der Waals surface area (Å²) in [6, 6.07) is 0. The van der Waals surface area contributed by atoms with Crippen molar-refractivity contribution in [2.45, 2.75) is 90.1 Å². The Morgan fingerprint density at radius 2 is 0.917 bits per heavy atom. The van der Waals surface area contributed by atoms with Gasteiger partial charge in [-0.15, -0.1) is 0 Å². The van der Waals surface area contributed by atoms with Crippen molar-refractivity contribution in [1.29, 1.82) is 0 Å². The van der Waals surface area contributed by atoms with Gasteiger partial charge in [0, 0.05) is 0 Å². The number of nitrogens with two attached hydrogens (primary N) is 2. The molecule has 140 valence electrons. The Balaban J connectivity index is 6.05. The predicted molar refractivity (Wildman–Crippen MR) is 96.8 cm³/mol. The molecule has 0 aromatic rings. The summed E-state index contributed by atoms with van der Waals surface area (Å²) in [5.41, 5.74) is 10.2. The van der Waals surface area contributed by atoms with E-state index in [4.69, 9.17) is 11.5 Å². The van der Waals surface area contributed by atoms with E-state index >= 15 is 0 Å². The van der Waals surface area contributed by atoms with Crippen LogP contribution in [0, 0.1) is 0 Å². The van der Waals surface area contributed by atoms with Crippen LogP contribution in [-0.2, 0) is 0 Å². The Bertz CT molecular complexity index is 396. The summed E-state index contributed by atoms with van der Waals surface area (Å²) >= 11 is 0. The van der Waals surface area contributed by atoms with Crippen molar-refractivity contribution in [2.75, 3.05) is 0 Å². The molecule has 0 saturated carbocycles. The molecule has 0 bridgehead atoms. The third kappa shape index (κ3) is 5.35. The van der Waals surface area contributed by atoms with Crippen LogP contribution in [0.3, 0.4) is 0 Å². The lowest BCUT2D eigenvalue weighted by Gasteiger charge is -2.31. The minimum atomic E-state index is -0.860. The van der Waals surface area contributed by atoms with E-state index in [1.165, 1.54) is 0 Å². The molecule has 0 radical (unpaired) electrons. The molecular weight excluding hydrogens is 308 g/mol. The second-order valence-electron chi connectivity index (χ2n) is 6.23. The fourth-order valence-corrected chi connectivity index (χ4v) is 3.10. The van der Waals surface area contributed by atoms with Crippen molar-refractivity contribution in [2.24, 2.45) is 32.0 Å². The molecule has 24 heavy (non-hydrogen) atoms. The largest absolute Gasteiger partial charge is 0.409 e. The molecule has 0 atom stereocenters. The number of oxime groups is 2. The molecule has 8 nitrogen and oxygen atoms in total. The van der Waals surface area contributed by atoms with Gasteiger partial charge in [-0.25, -0.2) is 0 Å². The van der Waals surface area contributed by atoms with Crippen LogP contribution in [0.4, 0.5) is 0 Å². The zero-order chi connectivity index (χ0) is 18.6. The molecule has 0 heterocycles. The Morgan fingerprint density at radius 3 is 1.08 bits per heavy atom. The molecule has 0 spiro atoms. The monoisotopic (exact) mass is 342 g/mol. The van der Waals surface area contributed by atoms with Crippen LogP contribution in [0.1, 0.15) is 79.1 Å². The molecule has 0 aliphatic heterocycles. The molecule has 0 saturated heterocycles. The summed E-state index contributed by atoms with van der Waals surface area (Å²) in [7, 11) is 0. The second kappa shape index (κ2) is 10.8. The van der Waals surface area contributed by atoms with Crippen molar-refractivity contribution in [3.05, 3.63) is 0 Å². The molecular formula is C16H34N6O2. The maximum Gasteiger partial charge on any atom is 0.169 e. The third-order valence-electron chi connectivity index (χ3n) is 4.26. The molecule has 0 aromatic heterocycles. The summed E-state index contributed by atoms with van der Waals surface area (Å²) in [5, 5.41) is 33.8. The van der Waals surface area contributed by atoms with Crippen LogP contribution in [0.2, 0.25) is 0 Å². The minimum Gasteiger partial charge on any atom is -0.409 e. The summed E-state index contributed by atoms with van der Waals surface area (Å²) in [6.07, 6.45) is 5.71. The van der Waals surface area contributed by atoms with Gasteiger partial charge in [0.15, 0.2) is 11.7 Å². The van der Waals surface area contributed by atoms with Crippen molar-refractivity contribution in [3.63, 3.8) is 0 Å². The van der Waals surface area contributed by atoms with Crippen LogP contribution in [0.15, 0.2) is 20.5 Å². The third-order valence-corrected chi connectivity index (χ3v) is 4.26. The number of nitrogens with zero attached hydrogens (tertiary/aromatic N) is 4. The number of azo groups is 1. The van der Waals surface area contributed by atoms with Crippen LogP contribution in [0.5, 0.6) is 0 Å². The number of rotatable bonds is 12. The zero-order valence-corrected chi connectivity index (χ0v) is 15.5. The van der Waals surface area contributed by atoms with E-state index in [9.17, 15) is 10.4 Å². The van der Waals surface area contributed by atoms with Gasteiger partial charge in [-0.05, 0) is 25.7 Å². The van der Waals surface area contributed by atoms with Crippen molar-refractivity contribution < 1.29 is 10.4 Å². The lowest BCUT2D eigenvalue weighted by Crippen LogP contribution is -2.45. The van der Waals surface area contributed by atoms with E-state index in [0.717, 1.165) is 25.7 Å². The van der Waals surface area contributed by atoms with Crippen molar-refractivity contribution >= 4 is 11.7 Å². The Morgan fingerprint density at radius 1 is 0.667 bits per heavy atom. The smallest absolute Gasteiger partial charge is 0.169 e. The van der Waals surface area contributed by atoms with Gasteiger partial charge in [-0.3, -0.25) is 0 Å². The van der Waals surface area contributed by atoms with E-state index < -0.39 is 11.1 Å². The van der Waals surface area contributed by atoms with Crippen LogP contribution >= 0.6 is 0 Å². The highest BCUT2D eigenvalue weighted by atomic mass is 16.4. The lowest BCUT2D eigenvalue weighted by atomic mass is 9.87. The zero-order valence-electron chi connectivity index (χ0n) is 15.5. The molecule has 0 aliphatic rings. The normalized spacial score (nSPS) is 14.5. The standard InChI is InChI=1S/C16H34N6O2/c1-5-9-15(10-6-2,13(17)19-23)21-22-16(11-7-3,12-8-4)14(18)20-24/h23-24H,5-12H2,1-4H3,(H2,17,19)(H2,18,20). The molecule has 0 fully saturated rings. The van der Waals surface area contributed by atoms with Crippen LogP contribution in [-0.4, -0.2) is 33.2 Å². The molecule has 8 heteroatoms. The Labute approximate surface area is 145 Å². The first kappa shape index (κ1) is 22.1. The molecule has 0 aromatic carbocycles. The Hall–Kier alpha value is -1.86. The Kier molecular flexibility index (Phi) is 9.99. The molecule has 0 aliphatic carbocycles. The first-order valence-electron chi connectivity index (χ1n) is 8.81. The molecule has 0 rings (SSSR count). The average molecular weight is 342 g/mol. The van der Waals surface area contributed by atoms with E-state index in [2.05, 4.69) is 20.5 Å². The van der Waals surface area contributed by atoms with Gasteiger partial charge in [-0.1, -0.05) is 63.7 Å². The lowest BCUT2D eigenvalue weighted by molar-refractivity contribution is 0.299. The van der Waals surface area contributed by atoms with Gasteiger partial charge in [0.25, 0.3) is 0 Å². The first-order valence-corrected chi connectivity index (χ1v) is 8.81. The average Bonchev–Trinajstić information content (AvgIpc) is 2.58. The summed E-state index contributed by atoms with van der Waals surface area (Å²) < 4.78 is 0. The fraction of sp³-hybridized carbons (Fsp3) is 0.875.